The lowest BCUT2D eigenvalue weighted by molar-refractivity contribution is -0.140. The molecule has 2 aromatic carbocycles. The molecule has 0 aromatic heterocycles. The Morgan fingerprint density at radius 3 is 2.17 bits per heavy atom. The quantitative estimate of drug-likeness (QED) is 0.385. The third kappa shape index (κ3) is 8.10. The molecule has 0 saturated carbocycles. The molecule has 0 aliphatic heterocycles. The molecule has 0 bridgehead atoms. The van der Waals surface area contributed by atoms with Crippen molar-refractivity contribution in [3.05, 3.63) is 62.5 Å². The van der Waals surface area contributed by atoms with Crippen molar-refractivity contribution in [3.8, 4) is 0 Å². The molecule has 1 unspecified atom stereocenters. The van der Waals surface area contributed by atoms with Crippen LogP contribution < -0.4 is 9.62 Å². The monoisotopic (exact) mass is 605 g/mol. The van der Waals surface area contributed by atoms with Crippen LogP contribution in [0.15, 0.2) is 46.9 Å². The summed E-state index contributed by atoms with van der Waals surface area (Å²) < 4.78 is 26.9. The summed E-state index contributed by atoms with van der Waals surface area (Å²) in [6.45, 7) is 5.60. The SMILES string of the molecule is CCC(C(=O)NCC(C)C)N(Cc1c(Cl)cccc1Cl)C(=O)CN(c1ccccc1Br)S(C)(=O)=O. The molecule has 2 aromatic rings. The molecule has 0 heterocycles. The summed E-state index contributed by atoms with van der Waals surface area (Å²) in [6.07, 6.45) is 1.34. The van der Waals surface area contributed by atoms with Gasteiger partial charge in [0.1, 0.15) is 12.6 Å². The average Bonchev–Trinajstić information content (AvgIpc) is 2.77. The number of carbonyl (C=O) groups excluding carboxylic acids is 2. The van der Waals surface area contributed by atoms with Crippen molar-refractivity contribution in [1.29, 1.82) is 0 Å². The van der Waals surface area contributed by atoms with Crippen LogP contribution in [0.3, 0.4) is 0 Å². The molecule has 2 rings (SSSR count). The van der Waals surface area contributed by atoms with Crippen LogP contribution in [0.4, 0.5) is 5.69 Å². The third-order valence-electron chi connectivity index (χ3n) is 5.26. The zero-order valence-electron chi connectivity index (χ0n) is 20.1. The van der Waals surface area contributed by atoms with E-state index in [4.69, 9.17) is 23.2 Å². The van der Waals surface area contributed by atoms with Crippen molar-refractivity contribution in [2.24, 2.45) is 5.92 Å². The summed E-state index contributed by atoms with van der Waals surface area (Å²) in [5.74, 6) is -0.673. The Morgan fingerprint density at radius 2 is 1.66 bits per heavy atom. The molecule has 0 aliphatic rings. The summed E-state index contributed by atoms with van der Waals surface area (Å²) in [5, 5.41) is 3.56. The van der Waals surface area contributed by atoms with E-state index in [-0.39, 0.29) is 18.4 Å². The number of halogens is 3. The number of benzene rings is 2. The molecule has 0 saturated heterocycles. The molecule has 1 atom stereocenters. The maximum Gasteiger partial charge on any atom is 0.244 e. The predicted octanol–water partition coefficient (Wildman–Crippen LogP) is 5.10. The van der Waals surface area contributed by atoms with Gasteiger partial charge in [-0.25, -0.2) is 8.42 Å². The van der Waals surface area contributed by atoms with Gasteiger partial charge in [-0.1, -0.05) is 62.2 Å². The van der Waals surface area contributed by atoms with E-state index in [1.807, 2.05) is 13.8 Å². The van der Waals surface area contributed by atoms with Gasteiger partial charge in [0, 0.05) is 33.2 Å². The standard InChI is InChI=1S/C24H30BrCl2N3O4S/c1-5-21(24(32)28-13-16(2)3)29(14-17-19(26)10-8-11-20(17)27)23(31)15-30(35(4,33)34)22-12-7-6-9-18(22)25/h6-12,16,21H,5,13-15H2,1-4H3,(H,28,32). The first-order chi connectivity index (χ1) is 16.4. The lowest BCUT2D eigenvalue weighted by Gasteiger charge is -2.33. The van der Waals surface area contributed by atoms with E-state index in [1.165, 1.54) is 4.90 Å². The summed E-state index contributed by atoms with van der Waals surface area (Å²) in [5.41, 5.74) is 0.794. The van der Waals surface area contributed by atoms with Gasteiger partial charge in [-0.05, 0) is 52.5 Å². The second kappa shape index (κ2) is 12.9. The van der Waals surface area contributed by atoms with Gasteiger partial charge >= 0.3 is 0 Å². The van der Waals surface area contributed by atoms with Gasteiger partial charge in [0.05, 0.1) is 11.9 Å². The normalized spacial score (nSPS) is 12.3. The summed E-state index contributed by atoms with van der Waals surface area (Å²) in [4.78, 5) is 28.1. The first-order valence-electron chi connectivity index (χ1n) is 11.1. The molecule has 0 radical (unpaired) electrons. The number of amides is 2. The van der Waals surface area contributed by atoms with Crippen molar-refractivity contribution < 1.29 is 18.0 Å². The highest BCUT2D eigenvalue weighted by atomic mass is 79.9. The topological polar surface area (TPSA) is 86.8 Å². The Kier molecular flexibility index (Phi) is 10.9. The minimum atomic E-state index is -3.83. The number of sulfonamides is 1. The van der Waals surface area contributed by atoms with Crippen molar-refractivity contribution in [2.45, 2.75) is 39.8 Å². The molecule has 2 amide bonds. The van der Waals surface area contributed by atoms with Crippen LogP contribution in [0.2, 0.25) is 10.0 Å². The number of hydrogen-bond acceptors (Lipinski definition) is 4. The van der Waals surface area contributed by atoms with E-state index in [1.54, 1.807) is 49.4 Å². The molecule has 0 spiro atoms. The molecular formula is C24H30BrCl2N3O4S. The van der Waals surface area contributed by atoms with Gasteiger partial charge in [-0.15, -0.1) is 0 Å². The van der Waals surface area contributed by atoms with Gasteiger partial charge in [0.2, 0.25) is 21.8 Å². The Bertz CT molecular complexity index is 1140. The van der Waals surface area contributed by atoms with Crippen LogP contribution in [0, 0.1) is 5.92 Å². The summed E-state index contributed by atoms with van der Waals surface area (Å²) in [6, 6.07) is 10.8. The number of nitrogens with one attached hydrogen (secondary N) is 1. The number of para-hydroxylation sites is 1. The van der Waals surface area contributed by atoms with Crippen LogP contribution in [0.25, 0.3) is 0 Å². The van der Waals surface area contributed by atoms with E-state index in [0.29, 0.717) is 38.7 Å². The molecular weight excluding hydrogens is 577 g/mol. The number of carbonyl (C=O) groups is 2. The van der Waals surface area contributed by atoms with Gasteiger partial charge in [0.25, 0.3) is 0 Å². The second-order valence-electron chi connectivity index (χ2n) is 8.51. The number of hydrogen-bond donors (Lipinski definition) is 1. The van der Waals surface area contributed by atoms with Crippen LogP contribution >= 0.6 is 39.1 Å². The summed E-state index contributed by atoms with van der Waals surface area (Å²) >= 11 is 16.1. The van der Waals surface area contributed by atoms with Gasteiger partial charge in [0.15, 0.2) is 0 Å². The van der Waals surface area contributed by atoms with Crippen LogP contribution in [-0.2, 0) is 26.2 Å². The highest BCUT2D eigenvalue weighted by molar-refractivity contribution is 9.10. The van der Waals surface area contributed by atoms with Crippen molar-refractivity contribution >= 4 is 66.7 Å². The van der Waals surface area contributed by atoms with E-state index in [9.17, 15) is 18.0 Å². The van der Waals surface area contributed by atoms with Crippen molar-refractivity contribution in [3.63, 3.8) is 0 Å². The zero-order chi connectivity index (χ0) is 26.3. The van der Waals surface area contributed by atoms with Crippen LogP contribution in [0.1, 0.15) is 32.8 Å². The number of nitrogens with zero attached hydrogens (tertiary/aromatic N) is 2. The molecule has 1 N–H and O–H groups in total. The molecule has 192 valence electrons. The Balaban J connectivity index is 2.50. The lowest BCUT2D eigenvalue weighted by atomic mass is 10.1. The van der Waals surface area contributed by atoms with E-state index in [2.05, 4.69) is 21.2 Å². The molecule has 7 nitrogen and oxygen atoms in total. The summed E-state index contributed by atoms with van der Waals surface area (Å²) in [7, 11) is -3.83. The fraction of sp³-hybridized carbons (Fsp3) is 0.417. The Hall–Kier alpha value is -1.81. The highest BCUT2D eigenvalue weighted by Gasteiger charge is 2.33. The second-order valence-corrected chi connectivity index (χ2v) is 12.1. The van der Waals surface area contributed by atoms with E-state index >= 15 is 0 Å². The Labute approximate surface area is 225 Å². The molecule has 35 heavy (non-hydrogen) atoms. The molecule has 0 fully saturated rings. The van der Waals surface area contributed by atoms with Gasteiger partial charge in [-0.3, -0.25) is 13.9 Å². The number of anilines is 1. The fourth-order valence-electron chi connectivity index (χ4n) is 3.44. The van der Waals surface area contributed by atoms with Gasteiger partial charge < -0.3 is 10.2 Å². The van der Waals surface area contributed by atoms with E-state index < -0.39 is 28.5 Å². The predicted molar refractivity (Wildman–Crippen MR) is 145 cm³/mol. The number of rotatable bonds is 11. The first kappa shape index (κ1) is 29.4. The maximum absolute atomic E-state index is 13.7. The van der Waals surface area contributed by atoms with Crippen molar-refractivity contribution in [2.75, 3.05) is 23.7 Å². The zero-order valence-corrected chi connectivity index (χ0v) is 24.0. The Morgan fingerprint density at radius 1 is 1.06 bits per heavy atom. The smallest absolute Gasteiger partial charge is 0.244 e. The minimum absolute atomic E-state index is 0.0570. The van der Waals surface area contributed by atoms with Crippen LogP contribution in [-0.4, -0.2) is 50.5 Å². The maximum atomic E-state index is 13.7. The largest absolute Gasteiger partial charge is 0.354 e. The fourth-order valence-corrected chi connectivity index (χ4v) is 5.44. The lowest BCUT2D eigenvalue weighted by Crippen LogP contribution is -2.52. The average molecular weight is 607 g/mol. The minimum Gasteiger partial charge on any atom is -0.354 e. The van der Waals surface area contributed by atoms with E-state index in [0.717, 1.165) is 10.6 Å². The molecule has 0 aliphatic carbocycles. The highest BCUT2D eigenvalue weighted by Crippen LogP contribution is 2.30. The van der Waals surface area contributed by atoms with Crippen LogP contribution in [0.5, 0.6) is 0 Å². The van der Waals surface area contributed by atoms with Crippen molar-refractivity contribution in [1.82, 2.24) is 10.2 Å². The first-order valence-corrected chi connectivity index (χ1v) is 14.5. The molecule has 11 heteroatoms. The van der Waals surface area contributed by atoms with Gasteiger partial charge in [-0.2, -0.15) is 0 Å². The third-order valence-corrected chi connectivity index (χ3v) is 7.77.